The summed E-state index contributed by atoms with van der Waals surface area (Å²) in [6.07, 6.45) is 2.55. The van der Waals surface area contributed by atoms with Crippen LogP contribution in [0.25, 0.3) is 0 Å². The Labute approximate surface area is 112 Å². The van der Waals surface area contributed by atoms with Crippen molar-refractivity contribution in [2.24, 2.45) is 0 Å². The molecule has 0 fully saturated rings. The van der Waals surface area contributed by atoms with E-state index in [2.05, 4.69) is 43.8 Å². The lowest BCUT2D eigenvalue weighted by Crippen LogP contribution is -2.29. The lowest BCUT2D eigenvalue weighted by atomic mass is 10.3. The number of pyridine rings is 1. The molecule has 0 bridgehead atoms. The fourth-order valence-electron chi connectivity index (χ4n) is 1.20. The molecule has 1 rings (SSSR count). The summed E-state index contributed by atoms with van der Waals surface area (Å²) in [4.78, 5) is 18.2. The van der Waals surface area contributed by atoms with E-state index < -0.39 is 0 Å². The van der Waals surface area contributed by atoms with Gasteiger partial charge in [-0.25, -0.2) is 4.98 Å². The van der Waals surface area contributed by atoms with Gasteiger partial charge in [-0.1, -0.05) is 22.9 Å². The molecule has 1 aromatic rings. The van der Waals surface area contributed by atoms with Gasteiger partial charge in [-0.2, -0.15) is 0 Å². The van der Waals surface area contributed by atoms with Crippen molar-refractivity contribution < 1.29 is 4.79 Å². The van der Waals surface area contributed by atoms with Gasteiger partial charge >= 0.3 is 0 Å². The van der Waals surface area contributed by atoms with E-state index in [0.29, 0.717) is 17.1 Å². The number of carbonyl (C=O) groups is 1. The first-order valence-electron chi connectivity index (χ1n) is 5.02. The van der Waals surface area contributed by atoms with Crippen LogP contribution in [0.3, 0.4) is 0 Å². The number of amides is 1. The first-order chi connectivity index (χ1) is 7.52. The zero-order valence-corrected chi connectivity index (χ0v) is 12.5. The Morgan fingerprint density at radius 1 is 1.62 bits per heavy atom. The van der Waals surface area contributed by atoms with Gasteiger partial charge in [0.15, 0.2) is 0 Å². The van der Waals surface area contributed by atoms with Crippen LogP contribution >= 0.6 is 31.9 Å². The summed E-state index contributed by atoms with van der Waals surface area (Å²) < 4.78 is 0.735. The number of alkyl halides is 1. The van der Waals surface area contributed by atoms with Crippen molar-refractivity contribution in [2.75, 3.05) is 13.6 Å². The van der Waals surface area contributed by atoms with Gasteiger partial charge in [-0.15, -0.1) is 0 Å². The molecule has 0 aliphatic rings. The van der Waals surface area contributed by atoms with Crippen molar-refractivity contribution in [3.8, 4) is 0 Å². The Kier molecular flexibility index (Phi) is 5.41. The molecule has 0 radical (unpaired) electrons. The van der Waals surface area contributed by atoms with Crippen LogP contribution in [0.4, 0.5) is 0 Å². The average Bonchev–Trinajstić information content (AvgIpc) is 2.25. The molecule has 16 heavy (non-hydrogen) atoms. The van der Waals surface area contributed by atoms with E-state index in [1.807, 2.05) is 6.07 Å². The van der Waals surface area contributed by atoms with Crippen LogP contribution in [-0.4, -0.2) is 34.2 Å². The minimum atomic E-state index is -0.0550. The maximum Gasteiger partial charge on any atom is 0.273 e. The van der Waals surface area contributed by atoms with Crippen LogP contribution in [-0.2, 0) is 0 Å². The highest BCUT2D eigenvalue weighted by Gasteiger charge is 2.15. The second-order valence-electron chi connectivity index (χ2n) is 3.63. The Hall–Kier alpha value is -0.420. The molecular weight excluding hydrogens is 336 g/mol. The van der Waals surface area contributed by atoms with Gasteiger partial charge in [-0.05, 0) is 34.5 Å². The summed E-state index contributed by atoms with van der Waals surface area (Å²) >= 11 is 6.79. The van der Waals surface area contributed by atoms with Crippen molar-refractivity contribution in [3.63, 3.8) is 0 Å². The number of rotatable bonds is 4. The first kappa shape index (κ1) is 13.6. The maximum atomic E-state index is 12.0. The van der Waals surface area contributed by atoms with Gasteiger partial charge in [-0.3, -0.25) is 4.79 Å². The molecule has 0 aromatic carbocycles. The Bertz CT molecular complexity index is 369. The number of carbonyl (C=O) groups excluding carboxylic acids is 1. The minimum Gasteiger partial charge on any atom is -0.340 e. The smallest absolute Gasteiger partial charge is 0.273 e. The molecule has 0 saturated carbocycles. The fourth-order valence-corrected chi connectivity index (χ4v) is 1.83. The lowest BCUT2D eigenvalue weighted by Gasteiger charge is -2.17. The van der Waals surface area contributed by atoms with Crippen molar-refractivity contribution in [2.45, 2.75) is 18.2 Å². The average molecular weight is 350 g/mol. The highest BCUT2D eigenvalue weighted by molar-refractivity contribution is 9.10. The van der Waals surface area contributed by atoms with Crippen LogP contribution in [0, 0.1) is 0 Å². The molecule has 0 saturated heterocycles. The maximum absolute atomic E-state index is 12.0. The molecule has 5 heteroatoms. The fraction of sp³-hybridized carbons (Fsp3) is 0.455. The first-order valence-corrected chi connectivity index (χ1v) is 6.73. The van der Waals surface area contributed by atoms with Crippen molar-refractivity contribution >= 4 is 37.8 Å². The molecule has 0 aliphatic carbocycles. The quantitative estimate of drug-likeness (QED) is 0.782. The number of hydrogen-bond donors (Lipinski definition) is 0. The largest absolute Gasteiger partial charge is 0.340 e. The second-order valence-corrected chi connectivity index (χ2v) is 6.05. The molecule has 0 spiro atoms. The van der Waals surface area contributed by atoms with Gasteiger partial charge in [0.25, 0.3) is 5.91 Å². The molecular formula is C11H14Br2N2O. The highest BCUT2D eigenvalue weighted by Crippen LogP contribution is 2.15. The van der Waals surface area contributed by atoms with E-state index in [4.69, 9.17) is 0 Å². The molecule has 1 unspecified atom stereocenters. The Balaban J connectivity index is 2.67. The number of aromatic nitrogens is 1. The van der Waals surface area contributed by atoms with E-state index >= 15 is 0 Å². The van der Waals surface area contributed by atoms with Crippen LogP contribution in [0.15, 0.2) is 22.8 Å². The summed E-state index contributed by atoms with van der Waals surface area (Å²) in [6, 6.07) is 3.61. The van der Waals surface area contributed by atoms with Gasteiger partial charge in [0.1, 0.15) is 5.69 Å². The predicted molar refractivity (Wildman–Crippen MR) is 71.9 cm³/mol. The summed E-state index contributed by atoms with van der Waals surface area (Å²) in [5, 5.41) is 0. The number of hydrogen-bond acceptors (Lipinski definition) is 2. The normalized spacial score (nSPS) is 12.2. The van der Waals surface area contributed by atoms with E-state index in [1.54, 1.807) is 24.2 Å². The molecule has 1 aromatic heterocycles. The minimum absolute atomic E-state index is 0.0550. The summed E-state index contributed by atoms with van der Waals surface area (Å²) in [7, 11) is 1.79. The Morgan fingerprint density at radius 2 is 2.31 bits per heavy atom. The van der Waals surface area contributed by atoms with Crippen molar-refractivity contribution in [1.29, 1.82) is 0 Å². The van der Waals surface area contributed by atoms with Crippen LogP contribution < -0.4 is 0 Å². The van der Waals surface area contributed by atoms with Gasteiger partial charge in [0.05, 0.1) is 0 Å². The lowest BCUT2D eigenvalue weighted by molar-refractivity contribution is 0.0787. The van der Waals surface area contributed by atoms with E-state index in [1.165, 1.54) is 0 Å². The molecule has 1 amide bonds. The molecule has 1 heterocycles. The van der Waals surface area contributed by atoms with Crippen LogP contribution in [0.5, 0.6) is 0 Å². The third kappa shape index (κ3) is 3.87. The molecule has 1 atom stereocenters. The highest BCUT2D eigenvalue weighted by atomic mass is 79.9. The van der Waals surface area contributed by atoms with Crippen LogP contribution in [0.2, 0.25) is 0 Å². The summed E-state index contributed by atoms with van der Waals surface area (Å²) in [6.45, 7) is 2.78. The standard InChI is InChI=1S/C11H14Br2N2O/c1-8(12)5-7-15(2)11(16)10-9(13)4-3-6-14-10/h3-4,6,8H,5,7H2,1-2H3. The second kappa shape index (κ2) is 6.35. The predicted octanol–water partition coefficient (Wildman–Crippen LogP) is 3.09. The molecule has 88 valence electrons. The monoisotopic (exact) mass is 348 g/mol. The SMILES string of the molecule is CC(Br)CCN(C)C(=O)c1ncccc1Br. The van der Waals surface area contributed by atoms with E-state index in [-0.39, 0.29) is 5.91 Å². The zero-order valence-electron chi connectivity index (χ0n) is 9.28. The third-order valence-corrected chi connectivity index (χ3v) is 3.27. The Morgan fingerprint density at radius 3 is 2.88 bits per heavy atom. The third-order valence-electron chi connectivity index (χ3n) is 2.17. The van der Waals surface area contributed by atoms with Crippen LogP contribution in [0.1, 0.15) is 23.8 Å². The van der Waals surface area contributed by atoms with Gasteiger partial charge in [0.2, 0.25) is 0 Å². The summed E-state index contributed by atoms with van der Waals surface area (Å²) in [5.41, 5.74) is 0.465. The summed E-state index contributed by atoms with van der Waals surface area (Å²) in [5.74, 6) is -0.0550. The molecule has 3 nitrogen and oxygen atoms in total. The zero-order chi connectivity index (χ0) is 12.1. The number of halogens is 2. The van der Waals surface area contributed by atoms with Crippen molar-refractivity contribution in [3.05, 3.63) is 28.5 Å². The molecule has 0 aliphatic heterocycles. The number of nitrogens with zero attached hydrogens (tertiary/aromatic N) is 2. The molecule has 0 N–H and O–H groups in total. The van der Waals surface area contributed by atoms with E-state index in [9.17, 15) is 4.79 Å². The van der Waals surface area contributed by atoms with Crippen molar-refractivity contribution in [1.82, 2.24) is 9.88 Å². The topological polar surface area (TPSA) is 33.2 Å². The van der Waals surface area contributed by atoms with Gasteiger partial charge < -0.3 is 4.90 Å². The van der Waals surface area contributed by atoms with Gasteiger partial charge in [0, 0.05) is 29.1 Å². The van der Waals surface area contributed by atoms with E-state index in [0.717, 1.165) is 10.9 Å².